The van der Waals surface area contributed by atoms with E-state index in [1.54, 1.807) is 0 Å². The molecule has 0 N–H and O–H groups in total. The standard InChI is InChI=1S/C14H23NS3/c1-6-15(7-2)13-10-8-12(9-11-13)14(16-3,17-4)18-5/h8-11H,6-7H2,1-5H3. The summed E-state index contributed by atoms with van der Waals surface area (Å²) in [6.07, 6.45) is 6.56. The predicted molar refractivity (Wildman–Crippen MR) is 92.2 cm³/mol. The van der Waals surface area contributed by atoms with Crippen LogP contribution in [0.3, 0.4) is 0 Å². The van der Waals surface area contributed by atoms with Gasteiger partial charge in [-0.05, 0) is 50.3 Å². The molecule has 0 aliphatic rings. The molecule has 0 spiro atoms. The predicted octanol–water partition coefficient (Wildman–Crippen LogP) is 4.73. The van der Waals surface area contributed by atoms with Crippen molar-refractivity contribution in [3.05, 3.63) is 29.8 Å². The molecule has 0 heterocycles. The Balaban J connectivity index is 3.00. The molecule has 0 atom stereocenters. The maximum atomic E-state index is 2.38. The van der Waals surface area contributed by atoms with Crippen LogP contribution in [0, 0.1) is 0 Å². The molecular formula is C14H23NS3. The van der Waals surface area contributed by atoms with Gasteiger partial charge < -0.3 is 4.90 Å². The highest BCUT2D eigenvalue weighted by atomic mass is 32.3. The first kappa shape index (κ1) is 16.1. The lowest BCUT2D eigenvalue weighted by Crippen LogP contribution is -2.22. The normalized spacial score (nSPS) is 11.6. The molecule has 0 unspecified atom stereocenters. The van der Waals surface area contributed by atoms with E-state index in [1.807, 2.05) is 35.3 Å². The van der Waals surface area contributed by atoms with E-state index in [0.717, 1.165) is 13.1 Å². The zero-order valence-corrected chi connectivity index (χ0v) is 14.3. The molecule has 0 bridgehead atoms. The molecule has 0 aliphatic carbocycles. The Labute approximate surface area is 124 Å². The second-order valence-corrected chi connectivity index (χ2v) is 7.72. The lowest BCUT2D eigenvalue weighted by atomic mass is 10.2. The fraction of sp³-hybridized carbons (Fsp3) is 0.571. The van der Waals surface area contributed by atoms with Crippen molar-refractivity contribution < 1.29 is 0 Å². The summed E-state index contributed by atoms with van der Waals surface area (Å²) >= 11 is 5.73. The van der Waals surface area contributed by atoms with Crippen LogP contribution in [0.5, 0.6) is 0 Å². The Morgan fingerprint density at radius 2 is 1.33 bits per heavy atom. The van der Waals surface area contributed by atoms with E-state index >= 15 is 0 Å². The minimum Gasteiger partial charge on any atom is -0.372 e. The summed E-state index contributed by atoms with van der Waals surface area (Å²) in [5, 5.41) is 0. The zero-order chi connectivity index (χ0) is 13.6. The van der Waals surface area contributed by atoms with Gasteiger partial charge in [-0.3, -0.25) is 0 Å². The molecule has 1 aromatic carbocycles. The molecule has 0 saturated carbocycles. The summed E-state index contributed by atoms with van der Waals surface area (Å²) in [5.41, 5.74) is 2.71. The molecule has 0 saturated heterocycles. The second-order valence-electron chi connectivity index (χ2n) is 3.89. The van der Waals surface area contributed by atoms with Crippen molar-refractivity contribution in [2.75, 3.05) is 36.8 Å². The van der Waals surface area contributed by atoms with Crippen LogP contribution in [0.15, 0.2) is 24.3 Å². The topological polar surface area (TPSA) is 3.24 Å². The van der Waals surface area contributed by atoms with Gasteiger partial charge in [0.05, 0.1) is 0 Å². The molecular weight excluding hydrogens is 278 g/mol. The van der Waals surface area contributed by atoms with E-state index in [-0.39, 0.29) is 3.41 Å². The summed E-state index contributed by atoms with van der Waals surface area (Å²) in [4.78, 5) is 2.38. The van der Waals surface area contributed by atoms with Gasteiger partial charge in [-0.2, -0.15) is 0 Å². The van der Waals surface area contributed by atoms with Crippen LogP contribution < -0.4 is 4.90 Å². The summed E-state index contributed by atoms with van der Waals surface area (Å²) in [6.45, 7) is 6.53. The van der Waals surface area contributed by atoms with Crippen molar-refractivity contribution in [3.63, 3.8) is 0 Å². The largest absolute Gasteiger partial charge is 0.372 e. The van der Waals surface area contributed by atoms with Crippen LogP contribution in [0.4, 0.5) is 5.69 Å². The highest BCUT2D eigenvalue weighted by Crippen LogP contribution is 2.52. The Morgan fingerprint density at radius 1 is 0.889 bits per heavy atom. The lowest BCUT2D eigenvalue weighted by molar-refractivity contribution is 0.866. The van der Waals surface area contributed by atoms with Gasteiger partial charge in [0, 0.05) is 18.8 Å². The van der Waals surface area contributed by atoms with Crippen molar-refractivity contribution in [2.24, 2.45) is 0 Å². The Kier molecular flexibility index (Phi) is 6.82. The Morgan fingerprint density at radius 3 is 1.67 bits per heavy atom. The number of thioether (sulfide) groups is 3. The average molecular weight is 302 g/mol. The maximum absolute atomic E-state index is 2.38. The molecule has 102 valence electrons. The van der Waals surface area contributed by atoms with Gasteiger partial charge >= 0.3 is 0 Å². The monoisotopic (exact) mass is 301 g/mol. The minimum atomic E-state index is 0.127. The smallest absolute Gasteiger partial charge is 0.131 e. The van der Waals surface area contributed by atoms with Crippen LogP contribution in [-0.2, 0) is 3.41 Å². The number of rotatable bonds is 7. The van der Waals surface area contributed by atoms with Crippen LogP contribution in [0.1, 0.15) is 19.4 Å². The second kappa shape index (κ2) is 7.61. The zero-order valence-electron chi connectivity index (χ0n) is 11.9. The van der Waals surface area contributed by atoms with Crippen molar-refractivity contribution >= 4 is 41.0 Å². The van der Waals surface area contributed by atoms with Crippen LogP contribution in [0.25, 0.3) is 0 Å². The van der Waals surface area contributed by atoms with Crippen LogP contribution in [0.2, 0.25) is 0 Å². The maximum Gasteiger partial charge on any atom is 0.131 e. The van der Waals surface area contributed by atoms with Crippen molar-refractivity contribution in [3.8, 4) is 0 Å². The number of nitrogens with zero attached hydrogens (tertiary/aromatic N) is 1. The first-order chi connectivity index (χ1) is 8.67. The molecule has 1 rings (SSSR count). The van der Waals surface area contributed by atoms with E-state index in [9.17, 15) is 0 Å². The van der Waals surface area contributed by atoms with Gasteiger partial charge in [0.1, 0.15) is 3.41 Å². The third kappa shape index (κ3) is 3.34. The van der Waals surface area contributed by atoms with E-state index in [4.69, 9.17) is 0 Å². The third-order valence-electron chi connectivity index (χ3n) is 3.16. The Hall–Kier alpha value is 0.0700. The molecule has 0 radical (unpaired) electrons. The van der Waals surface area contributed by atoms with Crippen LogP contribution in [-0.4, -0.2) is 31.9 Å². The van der Waals surface area contributed by atoms with Crippen molar-refractivity contribution in [1.29, 1.82) is 0 Å². The SMILES string of the molecule is CCN(CC)c1ccc(C(SC)(SC)SC)cc1. The highest BCUT2D eigenvalue weighted by Gasteiger charge is 2.29. The van der Waals surface area contributed by atoms with E-state index in [2.05, 4.69) is 61.8 Å². The lowest BCUT2D eigenvalue weighted by Gasteiger charge is -2.29. The third-order valence-corrected chi connectivity index (χ3v) is 8.48. The minimum absolute atomic E-state index is 0.127. The van der Waals surface area contributed by atoms with Crippen molar-refractivity contribution in [1.82, 2.24) is 0 Å². The summed E-state index contributed by atoms with van der Waals surface area (Å²) < 4.78 is 0.127. The average Bonchev–Trinajstić information content (AvgIpc) is 2.44. The Bertz CT molecular complexity index is 334. The summed E-state index contributed by atoms with van der Waals surface area (Å²) in [7, 11) is 0. The van der Waals surface area contributed by atoms with Gasteiger partial charge in [0.25, 0.3) is 0 Å². The van der Waals surface area contributed by atoms with E-state index in [0.29, 0.717) is 0 Å². The molecule has 1 aromatic rings. The summed E-state index contributed by atoms with van der Waals surface area (Å²) in [5.74, 6) is 0. The van der Waals surface area contributed by atoms with Crippen molar-refractivity contribution in [2.45, 2.75) is 17.3 Å². The molecule has 4 heteroatoms. The molecule has 0 aliphatic heterocycles. The van der Waals surface area contributed by atoms with Gasteiger partial charge in [0.15, 0.2) is 0 Å². The van der Waals surface area contributed by atoms with Gasteiger partial charge in [0.2, 0.25) is 0 Å². The number of anilines is 1. The van der Waals surface area contributed by atoms with E-state index < -0.39 is 0 Å². The first-order valence-corrected chi connectivity index (χ1v) is 9.85. The fourth-order valence-electron chi connectivity index (χ4n) is 2.07. The number of benzene rings is 1. The molecule has 0 fully saturated rings. The number of hydrogen-bond donors (Lipinski definition) is 0. The fourth-order valence-corrected chi connectivity index (χ4v) is 5.18. The molecule has 1 nitrogen and oxygen atoms in total. The molecule has 18 heavy (non-hydrogen) atoms. The van der Waals surface area contributed by atoms with E-state index in [1.165, 1.54) is 11.3 Å². The molecule has 0 aromatic heterocycles. The number of hydrogen-bond acceptors (Lipinski definition) is 4. The van der Waals surface area contributed by atoms with Crippen LogP contribution >= 0.6 is 35.3 Å². The van der Waals surface area contributed by atoms with Gasteiger partial charge in [-0.25, -0.2) is 0 Å². The van der Waals surface area contributed by atoms with Gasteiger partial charge in [-0.1, -0.05) is 12.1 Å². The van der Waals surface area contributed by atoms with Gasteiger partial charge in [-0.15, -0.1) is 35.3 Å². The summed E-state index contributed by atoms with van der Waals surface area (Å²) in [6, 6.07) is 9.05. The first-order valence-electron chi connectivity index (χ1n) is 6.18. The molecule has 0 amide bonds. The highest BCUT2D eigenvalue weighted by molar-refractivity contribution is 8.32. The quantitative estimate of drug-likeness (QED) is 0.669.